The van der Waals surface area contributed by atoms with Gasteiger partial charge in [0.25, 0.3) is 0 Å². The van der Waals surface area contributed by atoms with Gasteiger partial charge in [0.05, 0.1) is 7.11 Å². The fourth-order valence-electron chi connectivity index (χ4n) is 2.48. The Bertz CT molecular complexity index is 1080. The molecule has 0 atom stereocenters. The smallest absolute Gasteiger partial charge is 0.243 e. The van der Waals surface area contributed by atoms with E-state index in [-0.39, 0.29) is 6.54 Å². The third kappa shape index (κ3) is 3.51. The number of ether oxygens (including phenoxy) is 1. The second-order valence-electron chi connectivity index (χ2n) is 5.55. The largest absolute Gasteiger partial charge is 0.497 e. The zero-order valence-corrected chi connectivity index (χ0v) is 14.4. The Hall–Kier alpha value is -2.58. The summed E-state index contributed by atoms with van der Waals surface area (Å²) in [5, 5.41) is 1.77. The third-order valence-electron chi connectivity index (χ3n) is 3.87. The van der Waals surface area contributed by atoms with Gasteiger partial charge in [-0.15, -0.1) is 0 Å². The first-order chi connectivity index (χ1) is 12.3. The lowest BCUT2D eigenvalue weighted by Crippen LogP contribution is -2.24. The highest BCUT2D eigenvalue weighted by Crippen LogP contribution is 2.23. The summed E-state index contributed by atoms with van der Waals surface area (Å²) in [5.41, 5.74) is 0.620. The molecule has 0 amide bonds. The van der Waals surface area contributed by atoms with Crippen LogP contribution in [0.15, 0.2) is 53.4 Å². The van der Waals surface area contributed by atoms with Gasteiger partial charge in [-0.3, -0.25) is 0 Å². The highest BCUT2D eigenvalue weighted by Gasteiger charge is 2.23. The van der Waals surface area contributed by atoms with Crippen LogP contribution in [-0.4, -0.2) is 15.5 Å². The molecule has 4 nitrogen and oxygen atoms in total. The molecule has 0 fully saturated rings. The summed E-state index contributed by atoms with van der Waals surface area (Å²) in [4.78, 5) is -0.943. The minimum atomic E-state index is -4.34. The van der Waals surface area contributed by atoms with Crippen LogP contribution in [0.25, 0.3) is 10.8 Å². The van der Waals surface area contributed by atoms with E-state index in [1.54, 1.807) is 31.4 Å². The predicted octanol–water partition coefficient (Wildman–Crippen LogP) is 3.74. The number of rotatable bonds is 5. The second kappa shape index (κ2) is 6.97. The van der Waals surface area contributed by atoms with Gasteiger partial charge in [0.2, 0.25) is 10.0 Å². The summed E-state index contributed by atoms with van der Waals surface area (Å²) in [7, 11) is -2.79. The molecule has 3 aromatic carbocycles. The van der Waals surface area contributed by atoms with Crippen molar-refractivity contribution in [2.75, 3.05) is 7.11 Å². The Morgan fingerprint density at radius 1 is 0.923 bits per heavy atom. The molecule has 0 aliphatic rings. The molecule has 0 unspecified atom stereocenters. The van der Waals surface area contributed by atoms with Crippen LogP contribution in [-0.2, 0) is 16.6 Å². The van der Waals surface area contributed by atoms with Crippen molar-refractivity contribution in [3.05, 3.63) is 71.5 Å². The minimum Gasteiger partial charge on any atom is -0.497 e. The summed E-state index contributed by atoms with van der Waals surface area (Å²) < 4.78 is 71.6. The van der Waals surface area contributed by atoms with Gasteiger partial charge in [-0.05, 0) is 46.7 Å². The Morgan fingerprint density at radius 2 is 1.62 bits per heavy atom. The highest BCUT2D eigenvalue weighted by molar-refractivity contribution is 7.89. The molecule has 0 saturated heterocycles. The first-order valence-electron chi connectivity index (χ1n) is 7.51. The van der Waals surface area contributed by atoms with Crippen LogP contribution in [0, 0.1) is 17.5 Å². The van der Waals surface area contributed by atoms with Crippen molar-refractivity contribution in [2.24, 2.45) is 0 Å². The average Bonchev–Trinajstić information content (AvgIpc) is 2.63. The standard InChI is InChI=1S/C18H14F3NO3S/c1-25-14-5-4-12-8-11(2-3-13(12)9-14)10-22-26(23,24)16-7-6-15(19)17(20)18(16)21/h2-9,22H,10H2,1H3. The molecule has 0 aromatic heterocycles. The molecule has 8 heteroatoms. The van der Waals surface area contributed by atoms with E-state index in [0.29, 0.717) is 23.4 Å². The van der Waals surface area contributed by atoms with Crippen molar-refractivity contribution < 1.29 is 26.3 Å². The zero-order valence-electron chi connectivity index (χ0n) is 13.6. The van der Waals surface area contributed by atoms with Crippen LogP contribution < -0.4 is 9.46 Å². The van der Waals surface area contributed by atoms with E-state index in [1.165, 1.54) is 0 Å². The highest BCUT2D eigenvalue weighted by atomic mass is 32.2. The summed E-state index contributed by atoms with van der Waals surface area (Å²) in [6.45, 7) is -0.136. The van der Waals surface area contributed by atoms with Gasteiger partial charge in [-0.2, -0.15) is 0 Å². The zero-order chi connectivity index (χ0) is 18.9. The van der Waals surface area contributed by atoms with Crippen molar-refractivity contribution in [1.29, 1.82) is 0 Å². The summed E-state index contributed by atoms with van der Waals surface area (Å²) >= 11 is 0. The molecular formula is C18H14F3NO3S. The normalized spacial score (nSPS) is 11.7. The number of sulfonamides is 1. The van der Waals surface area contributed by atoms with Gasteiger partial charge in [0, 0.05) is 6.54 Å². The van der Waals surface area contributed by atoms with Crippen LogP contribution in [0.1, 0.15) is 5.56 Å². The predicted molar refractivity (Wildman–Crippen MR) is 90.8 cm³/mol. The van der Waals surface area contributed by atoms with Crippen molar-refractivity contribution in [3.8, 4) is 5.75 Å². The molecular weight excluding hydrogens is 367 g/mol. The quantitative estimate of drug-likeness (QED) is 0.685. The van der Waals surface area contributed by atoms with Gasteiger partial charge in [-0.1, -0.05) is 18.2 Å². The third-order valence-corrected chi connectivity index (χ3v) is 5.29. The van der Waals surface area contributed by atoms with E-state index in [9.17, 15) is 21.6 Å². The minimum absolute atomic E-state index is 0.136. The van der Waals surface area contributed by atoms with Gasteiger partial charge in [-0.25, -0.2) is 26.3 Å². The molecule has 136 valence electrons. The van der Waals surface area contributed by atoms with Crippen LogP contribution in [0.2, 0.25) is 0 Å². The fourth-order valence-corrected chi connectivity index (χ4v) is 3.57. The Balaban J connectivity index is 1.84. The number of nitrogens with one attached hydrogen (secondary N) is 1. The molecule has 0 heterocycles. The Kier molecular flexibility index (Phi) is 4.88. The van der Waals surface area contributed by atoms with E-state index in [4.69, 9.17) is 4.74 Å². The fraction of sp³-hybridized carbons (Fsp3) is 0.111. The maximum atomic E-state index is 13.7. The lowest BCUT2D eigenvalue weighted by Gasteiger charge is -2.09. The molecule has 0 aliphatic carbocycles. The van der Waals surface area contributed by atoms with Gasteiger partial charge >= 0.3 is 0 Å². The summed E-state index contributed by atoms with van der Waals surface area (Å²) in [6, 6.07) is 11.9. The maximum absolute atomic E-state index is 13.7. The van der Waals surface area contributed by atoms with Crippen molar-refractivity contribution in [3.63, 3.8) is 0 Å². The Labute approximate surface area is 148 Å². The van der Waals surface area contributed by atoms with Crippen LogP contribution in [0.4, 0.5) is 13.2 Å². The number of hydrogen-bond donors (Lipinski definition) is 1. The monoisotopic (exact) mass is 381 g/mol. The van der Waals surface area contributed by atoms with E-state index < -0.39 is 32.4 Å². The lowest BCUT2D eigenvalue weighted by molar-refractivity contribution is 0.415. The molecule has 3 rings (SSSR count). The number of benzene rings is 3. The second-order valence-corrected chi connectivity index (χ2v) is 7.28. The van der Waals surface area contributed by atoms with Crippen LogP contribution in [0.5, 0.6) is 5.75 Å². The van der Waals surface area contributed by atoms with E-state index in [2.05, 4.69) is 4.72 Å². The van der Waals surface area contributed by atoms with Gasteiger partial charge in [0.1, 0.15) is 10.6 Å². The van der Waals surface area contributed by atoms with Crippen molar-refractivity contribution >= 4 is 20.8 Å². The van der Waals surface area contributed by atoms with Crippen LogP contribution >= 0.6 is 0 Å². The molecule has 0 spiro atoms. The number of fused-ring (bicyclic) bond motifs is 1. The molecule has 3 aromatic rings. The van der Waals surface area contributed by atoms with E-state index in [0.717, 1.165) is 10.8 Å². The molecule has 0 bridgehead atoms. The summed E-state index contributed by atoms with van der Waals surface area (Å²) in [5.74, 6) is -4.33. The maximum Gasteiger partial charge on any atom is 0.243 e. The molecule has 0 radical (unpaired) electrons. The molecule has 0 aliphatic heterocycles. The van der Waals surface area contributed by atoms with Crippen molar-refractivity contribution in [2.45, 2.75) is 11.4 Å². The first kappa shape index (κ1) is 18.2. The summed E-state index contributed by atoms with van der Waals surface area (Å²) in [6.07, 6.45) is 0. The van der Waals surface area contributed by atoms with E-state index in [1.807, 2.05) is 12.1 Å². The molecule has 1 N–H and O–H groups in total. The van der Waals surface area contributed by atoms with Gasteiger partial charge in [0.15, 0.2) is 17.5 Å². The number of halogens is 3. The van der Waals surface area contributed by atoms with E-state index >= 15 is 0 Å². The Morgan fingerprint density at radius 3 is 2.35 bits per heavy atom. The molecule has 26 heavy (non-hydrogen) atoms. The van der Waals surface area contributed by atoms with Crippen molar-refractivity contribution in [1.82, 2.24) is 4.72 Å². The van der Waals surface area contributed by atoms with Crippen LogP contribution in [0.3, 0.4) is 0 Å². The number of methoxy groups -OCH3 is 1. The average molecular weight is 381 g/mol. The van der Waals surface area contributed by atoms with Gasteiger partial charge < -0.3 is 4.74 Å². The SMILES string of the molecule is COc1ccc2cc(CNS(=O)(=O)c3ccc(F)c(F)c3F)ccc2c1. The molecule has 0 saturated carbocycles. The number of hydrogen-bond acceptors (Lipinski definition) is 3. The lowest BCUT2D eigenvalue weighted by atomic mass is 10.1. The topological polar surface area (TPSA) is 55.4 Å². The first-order valence-corrected chi connectivity index (χ1v) is 9.00.